The van der Waals surface area contributed by atoms with Crippen molar-refractivity contribution in [1.82, 2.24) is 14.6 Å². The molecule has 152 valence electrons. The second-order valence-electron chi connectivity index (χ2n) is 6.88. The minimum atomic E-state index is -3.50. The molecule has 1 atom stereocenters. The van der Waals surface area contributed by atoms with Crippen LogP contribution in [0, 0.1) is 0 Å². The van der Waals surface area contributed by atoms with Crippen LogP contribution < -0.4 is 5.32 Å². The zero-order valence-corrected chi connectivity index (χ0v) is 18.1. The van der Waals surface area contributed by atoms with Gasteiger partial charge in [-0.2, -0.15) is 4.31 Å². The largest absolute Gasteiger partial charge is 0.352 e. The van der Waals surface area contributed by atoms with Gasteiger partial charge in [-0.1, -0.05) is 51.3 Å². The molecule has 0 bridgehead atoms. The van der Waals surface area contributed by atoms with Gasteiger partial charge in [0.2, 0.25) is 15.9 Å². The summed E-state index contributed by atoms with van der Waals surface area (Å²) in [5.41, 5.74) is 0. The van der Waals surface area contributed by atoms with E-state index in [-0.39, 0.29) is 22.1 Å². The first kappa shape index (κ1) is 22.2. The summed E-state index contributed by atoms with van der Waals surface area (Å²) in [5.74, 6) is 0.0218. The maximum absolute atomic E-state index is 12.5. The van der Waals surface area contributed by atoms with Crippen LogP contribution in [0.4, 0.5) is 0 Å². The summed E-state index contributed by atoms with van der Waals surface area (Å²) in [6, 6.07) is 3.52. The van der Waals surface area contributed by atoms with Crippen LogP contribution in [0.2, 0.25) is 0 Å². The molecule has 1 amide bonds. The third kappa shape index (κ3) is 6.19. The van der Waals surface area contributed by atoms with Crippen LogP contribution in [0.15, 0.2) is 28.3 Å². The Bertz CT molecular complexity index is 695. The Kier molecular flexibility index (Phi) is 8.57. The molecule has 1 aromatic heterocycles. The molecular weight excluding hydrogens is 382 g/mol. The van der Waals surface area contributed by atoms with Gasteiger partial charge in [-0.15, -0.1) is 0 Å². The second kappa shape index (κ2) is 10.4. The molecule has 1 saturated carbocycles. The van der Waals surface area contributed by atoms with Crippen molar-refractivity contribution < 1.29 is 13.2 Å². The van der Waals surface area contributed by atoms with Gasteiger partial charge in [-0.25, -0.2) is 13.4 Å². The lowest BCUT2D eigenvalue weighted by atomic mass is 10.1. The Balaban J connectivity index is 1.95. The van der Waals surface area contributed by atoms with Crippen LogP contribution in [0.25, 0.3) is 0 Å². The Hall–Kier alpha value is -1.12. The van der Waals surface area contributed by atoms with E-state index in [0.29, 0.717) is 18.1 Å². The van der Waals surface area contributed by atoms with Crippen molar-refractivity contribution in [3.63, 3.8) is 0 Å². The number of pyridine rings is 1. The van der Waals surface area contributed by atoms with Crippen molar-refractivity contribution in [2.75, 3.05) is 13.1 Å². The first-order valence-electron chi connectivity index (χ1n) is 9.81. The van der Waals surface area contributed by atoms with Crippen LogP contribution in [-0.2, 0) is 14.8 Å². The average molecular weight is 414 g/mol. The predicted octanol–water partition coefficient (Wildman–Crippen LogP) is 3.43. The molecule has 0 radical (unpaired) electrons. The first-order valence-corrected chi connectivity index (χ1v) is 12.1. The minimum absolute atomic E-state index is 0.0218. The van der Waals surface area contributed by atoms with Gasteiger partial charge in [0.05, 0.1) is 10.3 Å². The van der Waals surface area contributed by atoms with E-state index in [4.69, 9.17) is 0 Å². The number of rotatable bonds is 8. The number of amides is 1. The third-order valence-electron chi connectivity index (χ3n) is 4.92. The smallest absolute Gasteiger partial charge is 0.244 e. The third-order valence-corrected chi connectivity index (χ3v) is 8.00. The fourth-order valence-electron chi connectivity index (χ4n) is 3.28. The maximum Gasteiger partial charge on any atom is 0.244 e. The summed E-state index contributed by atoms with van der Waals surface area (Å²) in [7, 11) is -3.50. The molecule has 8 heteroatoms. The minimum Gasteiger partial charge on any atom is -0.352 e. The fraction of sp³-hybridized carbons (Fsp3) is 0.684. The molecule has 27 heavy (non-hydrogen) atoms. The molecule has 1 heterocycles. The molecule has 1 unspecified atom stereocenters. The number of nitrogens with zero attached hydrogens (tertiary/aromatic N) is 2. The van der Waals surface area contributed by atoms with Gasteiger partial charge >= 0.3 is 0 Å². The lowest BCUT2D eigenvalue weighted by Gasteiger charge is -2.19. The van der Waals surface area contributed by atoms with E-state index >= 15 is 0 Å². The van der Waals surface area contributed by atoms with Gasteiger partial charge in [0.1, 0.15) is 4.90 Å². The first-order chi connectivity index (χ1) is 12.9. The standard InChI is InChI=1S/C19H31N3O3S2/c1-4-22(5-2)27(24,25)17-12-13-18(20-14-17)26-15(3)19(23)21-16-10-8-6-7-9-11-16/h12-16H,4-11H2,1-3H3,(H,21,23). The van der Waals surface area contributed by atoms with Gasteiger partial charge in [0.15, 0.2) is 0 Å². The number of thioether (sulfide) groups is 1. The molecular formula is C19H31N3O3S2. The average Bonchev–Trinajstić information content (AvgIpc) is 2.91. The number of carbonyl (C=O) groups excluding carboxylic acids is 1. The van der Waals surface area contributed by atoms with E-state index in [1.165, 1.54) is 47.9 Å². The number of aromatic nitrogens is 1. The van der Waals surface area contributed by atoms with Crippen LogP contribution in [0.3, 0.4) is 0 Å². The number of hydrogen-bond donors (Lipinski definition) is 1. The van der Waals surface area contributed by atoms with E-state index in [0.717, 1.165) is 12.8 Å². The second-order valence-corrected chi connectivity index (χ2v) is 10.2. The van der Waals surface area contributed by atoms with Crippen LogP contribution in [0.1, 0.15) is 59.3 Å². The molecule has 1 fully saturated rings. The van der Waals surface area contributed by atoms with E-state index < -0.39 is 10.0 Å². The van der Waals surface area contributed by atoms with Gasteiger partial charge in [0.25, 0.3) is 0 Å². The van der Waals surface area contributed by atoms with E-state index in [1.54, 1.807) is 12.1 Å². The zero-order chi connectivity index (χ0) is 19.9. The highest BCUT2D eigenvalue weighted by Gasteiger charge is 2.23. The molecule has 2 rings (SSSR count). The Morgan fingerprint density at radius 3 is 2.37 bits per heavy atom. The Morgan fingerprint density at radius 1 is 1.22 bits per heavy atom. The van der Waals surface area contributed by atoms with Crippen molar-refractivity contribution in [3.8, 4) is 0 Å². The summed E-state index contributed by atoms with van der Waals surface area (Å²) in [6.45, 7) is 6.33. The van der Waals surface area contributed by atoms with E-state index in [2.05, 4.69) is 10.3 Å². The predicted molar refractivity (Wildman–Crippen MR) is 109 cm³/mol. The van der Waals surface area contributed by atoms with Crippen LogP contribution in [-0.4, -0.2) is 48.0 Å². The van der Waals surface area contributed by atoms with Crippen molar-refractivity contribution in [1.29, 1.82) is 0 Å². The molecule has 0 saturated heterocycles. The maximum atomic E-state index is 12.5. The van der Waals surface area contributed by atoms with Crippen molar-refractivity contribution in [2.45, 2.75) is 80.5 Å². The molecule has 0 aliphatic heterocycles. The Morgan fingerprint density at radius 2 is 1.85 bits per heavy atom. The monoisotopic (exact) mass is 413 g/mol. The van der Waals surface area contributed by atoms with Crippen molar-refractivity contribution >= 4 is 27.7 Å². The van der Waals surface area contributed by atoms with Crippen molar-refractivity contribution in [2.24, 2.45) is 0 Å². The summed E-state index contributed by atoms with van der Waals surface area (Å²) >= 11 is 1.35. The molecule has 0 spiro atoms. The lowest BCUT2D eigenvalue weighted by molar-refractivity contribution is -0.121. The molecule has 6 nitrogen and oxygen atoms in total. The molecule has 1 aliphatic rings. The number of hydrogen-bond acceptors (Lipinski definition) is 5. The Labute approximate surface area is 167 Å². The van der Waals surface area contributed by atoms with Gasteiger partial charge in [-0.3, -0.25) is 4.79 Å². The topological polar surface area (TPSA) is 79.4 Å². The van der Waals surface area contributed by atoms with Crippen molar-refractivity contribution in [3.05, 3.63) is 18.3 Å². The van der Waals surface area contributed by atoms with Crippen LogP contribution in [0.5, 0.6) is 0 Å². The molecule has 1 aliphatic carbocycles. The van der Waals surface area contributed by atoms with E-state index in [1.807, 2.05) is 20.8 Å². The fourth-order valence-corrected chi connectivity index (χ4v) is 5.48. The van der Waals surface area contributed by atoms with Gasteiger partial charge < -0.3 is 5.32 Å². The quantitative estimate of drug-likeness (QED) is 0.522. The SMILES string of the molecule is CCN(CC)S(=O)(=O)c1ccc(SC(C)C(=O)NC2CCCCCC2)nc1. The zero-order valence-electron chi connectivity index (χ0n) is 16.5. The number of carbonyl (C=O) groups is 1. The normalized spacial score (nSPS) is 17.5. The summed E-state index contributed by atoms with van der Waals surface area (Å²) < 4.78 is 26.4. The molecule has 0 aromatic carbocycles. The summed E-state index contributed by atoms with van der Waals surface area (Å²) in [6.07, 6.45) is 8.35. The van der Waals surface area contributed by atoms with Crippen LogP contribution >= 0.6 is 11.8 Å². The highest BCUT2D eigenvalue weighted by atomic mass is 32.2. The van der Waals surface area contributed by atoms with Gasteiger partial charge in [-0.05, 0) is 31.9 Å². The van der Waals surface area contributed by atoms with Gasteiger partial charge in [0, 0.05) is 25.3 Å². The van der Waals surface area contributed by atoms with E-state index in [9.17, 15) is 13.2 Å². The number of sulfonamides is 1. The lowest BCUT2D eigenvalue weighted by Crippen LogP contribution is -2.39. The summed E-state index contributed by atoms with van der Waals surface area (Å²) in [5, 5.41) is 3.53. The molecule has 1 N–H and O–H groups in total. The highest BCUT2D eigenvalue weighted by Crippen LogP contribution is 2.24. The number of nitrogens with one attached hydrogen (secondary N) is 1. The summed E-state index contributed by atoms with van der Waals surface area (Å²) in [4.78, 5) is 16.9. The molecule has 1 aromatic rings. The highest BCUT2D eigenvalue weighted by molar-refractivity contribution is 8.00.